The number of nitrogens with zero attached hydrogens (tertiary/aromatic N) is 4. The van der Waals surface area contributed by atoms with Gasteiger partial charge in [0.05, 0.1) is 5.75 Å². The van der Waals surface area contributed by atoms with E-state index in [1.54, 1.807) is 7.05 Å². The molecule has 0 atom stereocenters. The fourth-order valence-electron chi connectivity index (χ4n) is 2.79. The van der Waals surface area contributed by atoms with Crippen LogP contribution >= 0.6 is 11.8 Å². The van der Waals surface area contributed by atoms with Crippen LogP contribution in [0.25, 0.3) is 11.0 Å². The minimum atomic E-state index is -0.467. The summed E-state index contributed by atoms with van der Waals surface area (Å²) in [6, 6.07) is 9.62. The first-order valence-electron chi connectivity index (χ1n) is 9.20. The maximum absolute atomic E-state index is 12.7. The van der Waals surface area contributed by atoms with Crippen molar-refractivity contribution in [2.75, 3.05) is 5.75 Å². The normalized spacial score (nSPS) is 11.2. The fourth-order valence-corrected chi connectivity index (χ4v) is 3.64. The molecule has 2 aromatic heterocycles. The van der Waals surface area contributed by atoms with E-state index in [-0.39, 0.29) is 28.6 Å². The minimum absolute atomic E-state index is 0.00446. The molecular weight excluding hydrogens is 390 g/mol. The number of hydrogen-bond donors (Lipinski definition) is 1. The predicted octanol–water partition coefficient (Wildman–Crippen LogP) is 1.56. The Morgan fingerprint density at radius 3 is 2.45 bits per heavy atom. The van der Waals surface area contributed by atoms with E-state index in [1.165, 1.54) is 23.4 Å². The van der Waals surface area contributed by atoms with Gasteiger partial charge in [-0.2, -0.15) is 0 Å². The molecule has 29 heavy (non-hydrogen) atoms. The Morgan fingerprint density at radius 2 is 1.79 bits per heavy atom. The molecule has 0 aliphatic rings. The van der Waals surface area contributed by atoms with E-state index in [0.717, 1.165) is 10.1 Å². The smallest absolute Gasteiger partial charge is 0.332 e. The molecule has 0 unspecified atom stereocenters. The number of fused-ring (bicyclic) bond motifs is 1. The molecule has 0 radical (unpaired) electrons. The fraction of sp³-hybridized carbons (Fsp3) is 0.350. The summed E-state index contributed by atoms with van der Waals surface area (Å²) in [5.41, 5.74) is 0.367. The van der Waals surface area contributed by atoms with E-state index >= 15 is 0 Å². The lowest BCUT2D eigenvalue weighted by molar-refractivity contribution is -0.118. The first kappa shape index (κ1) is 20.8. The maximum Gasteiger partial charge on any atom is 0.332 e. The van der Waals surface area contributed by atoms with E-state index < -0.39 is 11.2 Å². The first-order valence-corrected chi connectivity index (χ1v) is 10.2. The lowest BCUT2D eigenvalue weighted by Crippen LogP contribution is -2.38. The quantitative estimate of drug-likeness (QED) is 0.486. The molecule has 3 rings (SSSR count). The zero-order valence-corrected chi connectivity index (χ0v) is 17.6. The van der Waals surface area contributed by atoms with Gasteiger partial charge in [0.25, 0.3) is 5.56 Å². The Morgan fingerprint density at radius 1 is 1.10 bits per heavy atom. The molecule has 0 saturated heterocycles. The van der Waals surface area contributed by atoms with Crippen LogP contribution in [0.5, 0.6) is 0 Å². The van der Waals surface area contributed by atoms with Gasteiger partial charge in [0, 0.05) is 26.6 Å². The maximum atomic E-state index is 12.7. The van der Waals surface area contributed by atoms with Crippen molar-refractivity contribution in [1.29, 1.82) is 0 Å². The molecule has 0 saturated carbocycles. The minimum Gasteiger partial charge on any atom is -0.351 e. The summed E-state index contributed by atoms with van der Waals surface area (Å²) in [4.78, 5) is 46.2. The topological polar surface area (TPSA) is 98.9 Å². The number of carbonyl (C=O) groups excluding carboxylic acids is 1. The van der Waals surface area contributed by atoms with E-state index in [0.29, 0.717) is 17.4 Å². The monoisotopic (exact) mass is 413 g/mol. The van der Waals surface area contributed by atoms with Crippen molar-refractivity contribution in [1.82, 2.24) is 24.4 Å². The van der Waals surface area contributed by atoms with Gasteiger partial charge in [0.15, 0.2) is 5.65 Å². The first-order chi connectivity index (χ1) is 13.8. The second kappa shape index (κ2) is 8.60. The second-order valence-corrected chi connectivity index (χ2v) is 7.96. The van der Waals surface area contributed by atoms with E-state index in [1.807, 2.05) is 44.2 Å². The number of aromatic nitrogens is 4. The Bertz CT molecular complexity index is 1170. The molecule has 0 spiro atoms. The number of thioether (sulfide) groups is 1. The largest absolute Gasteiger partial charge is 0.351 e. The highest BCUT2D eigenvalue weighted by molar-refractivity contribution is 8.00. The van der Waals surface area contributed by atoms with E-state index in [9.17, 15) is 14.4 Å². The highest BCUT2D eigenvalue weighted by Gasteiger charge is 2.19. The lowest BCUT2D eigenvalue weighted by atomic mass is 10.2. The van der Waals surface area contributed by atoms with Gasteiger partial charge in [-0.25, -0.2) is 14.8 Å². The van der Waals surface area contributed by atoms with E-state index in [2.05, 4.69) is 15.3 Å². The summed E-state index contributed by atoms with van der Waals surface area (Å²) in [5.74, 6) is 0.457. The van der Waals surface area contributed by atoms with Crippen molar-refractivity contribution < 1.29 is 4.79 Å². The molecule has 3 aromatic rings. The zero-order valence-electron chi connectivity index (χ0n) is 16.8. The summed E-state index contributed by atoms with van der Waals surface area (Å²) >= 11 is 1.17. The Hall–Kier alpha value is -2.94. The van der Waals surface area contributed by atoms with Crippen molar-refractivity contribution in [2.24, 2.45) is 14.1 Å². The van der Waals surface area contributed by atoms with Gasteiger partial charge in [-0.1, -0.05) is 55.9 Å². The number of benzene rings is 1. The Balaban J connectivity index is 1.90. The van der Waals surface area contributed by atoms with Gasteiger partial charge in [-0.3, -0.25) is 18.7 Å². The molecule has 2 heterocycles. The van der Waals surface area contributed by atoms with Crippen LogP contribution in [0.1, 0.15) is 31.2 Å². The van der Waals surface area contributed by atoms with Gasteiger partial charge < -0.3 is 5.32 Å². The van der Waals surface area contributed by atoms with Gasteiger partial charge >= 0.3 is 5.69 Å². The van der Waals surface area contributed by atoms with Crippen molar-refractivity contribution in [3.8, 4) is 0 Å². The SMILES string of the molecule is CC(C)c1nc(SCC(=O)NCc2ccccc2)c2c(=O)n(C)c(=O)n(C)c2n1. The highest BCUT2D eigenvalue weighted by Crippen LogP contribution is 2.24. The number of rotatable bonds is 6. The van der Waals surface area contributed by atoms with Crippen molar-refractivity contribution in [3.05, 3.63) is 62.6 Å². The summed E-state index contributed by atoms with van der Waals surface area (Å²) in [6.45, 7) is 4.29. The Labute approximate surface area is 172 Å². The van der Waals surface area contributed by atoms with Crippen molar-refractivity contribution in [2.45, 2.75) is 31.3 Å². The molecule has 0 bridgehead atoms. The molecular formula is C20H23N5O3S. The van der Waals surface area contributed by atoms with Crippen molar-refractivity contribution in [3.63, 3.8) is 0 Å². The van der Waals surface area contributed by atoms with E-state index in [4.69, 9.17) is 0 Å². The molecule has 0 fully saturated rings. The van der Waals surface area contributed by atoms with Crippen LogP contribution in [0.15, 0.2) is 44.9 Å². The third-order valence-corrected chi connectivity index (χ3v) is 5.45. The third-order valence-electron chi connectivity index (χ3n) is 4.47. The average Bonchev–Trinajstić information content (AvgIpc) is 2.73. The van der Waals surface area contributed by atoms with Crippen molar-refractivity contribution >= 4 is 28.7 Å². The molecule has 1 amide bonds. The van der Waals surface area contributed by atoms with Gasteiger partial charge in [-0.15, -0.1) is 0 Å². The summed E-state index contributed by atoms with van der Waals surface area (Å²) < 4.78 is 2.37. The van der Waals surface area contributed by atoms with Gasteiger partial charge in [0.2, 0.25) is 5.91 Å². The van der Waals surface area contributed by atoms with Crippen LogP contribution in [0.3, 0.4) is 0 Å². The van der Waals surface area contributed by atoms with Gasteiger partial charge in [0.1, 0.15) is 16.2 Å². The van der Waals surface area contributed by atoms with Crippen LogP contribution in [0.4, 0.5) is 0 Å². The average molecular weight is 414 g/mol. The molecule has 1 N–H and O–H groups in total. The number of nitrogens with one attached hydrogen (secondary N) is 1. The standard InChI is InChI=1S/C20H23N5O3S/c1-12(2)16-22-17-15(19(27)25(4)20(28)24(17)3)18(23-16)29-11-14(26)21-10-13-8-6-5-7-9-13/h5-9,12H,10-11H2,1-4H3,(H,21,26). The molecule has 9 heteroatoms. The third kappa shape index (κ3) is 4.40. The number of amides is 1. The summed E-state index contributed by atoms with van der Waals surface area (Å²) in [6.07, 6.45) is 0. The molecule has 152 valence electrons. The summed E-state index contributed by atoms with van der Waals surface area (Å²) in [5, 5.41) is 3.52. The van der Waals surface area contributed by atoms with Crippen LogP contribution in [0.2, 0.25) is 0 Å². The lowest BCUT2D eigenvalue weighted by Gasteiger charge is -2.13. The van der Waals surface area contributed by atoms with Crippen LogP contribution < -0.4 is 16.6 Å². The second-order valence-electron chi connectivity index (χ2n) is 7.00. The highest BCUT2D eigenvalue weighted by atomic mass is 32.2. The molecule has 1 aromatic carbocycles. The molecule has 8 nitrogen and oxygen atoms in total. The Kier molecular flexibility index (Phi) is 6.17. The predicted molar refractivity (Wildman–Crippen MR) is 113 cm³/mol. The number of carbonyl (C=O) groups is 1. The number of hydrogen-bond acceptors (Lipinski definition) is 6. The van der Waals surface area contributed by atoms with Crippen LogP contribution in [0, 0.1) is 0 Å². The number of aryl methyl sites for hydroxylation is 1. The summed E-state index contributed by atoms with van der Waals surface area (Å²) in [7, 11) is 2.99. The van der Waals surface area contributed by atoms with Crippen LogP contribution in [-0.2, 0) is 25.4 Å². The van der Waals surface area contributed by atoms with Gasteiger partial charge in [-0.05, 0) is 5.56 Å². The zero-order chi connectivity index (χ0) is 21.1. The molecule has 0 aliphatic heterocycles. The molecule has 0 aliphatic carbocycles. The van der Waals surface area contributed by atoms with Crippen LogP contribution in [-0.4, -0.2) is 30.8 Å².